The van der Waals surface area contributed by atoms with Gasteiger partial charge in [-0.15, -0.1) is 0 Å². The highest BCUT2D eigenvalue weighted by Gasteiger charge is 2.08. The Morgan fingerprint density at radius 1 is 1.00 bits per heavy atom. The third-order valence-corrected chi connectivity index (χ3v) is 3.39. The van der Waals surface area contributed by atoms with E-state index in [1.807, 2.05) is 6.07 Å². The lowest BCUT2D eigenvalue weighted by Gasteiger charge is -2.12. The smallest absolute Gasteiger partial charge is 0.162 e. The van der Waals surface area contributed by atoms with Crippen LogP contribution in [0.5, 0.6) is 17.2 Å². The molecule has 0 aliphatic rings. The van der Waals surface area contributed by atoms with E-state index in [-0.39, 0.29) is 13.2 Å². The van der Waals surface area contributed by atoms with Gasteiger partial charge in [-0.25, -0.2) is 0 Å². The summed E-state index contributed by atoms with van der Waals surface area (Å²) < 4.78 is 16.3. The lowest BCUT2D eigenvalue weighted by molar-refractivity contribution is 0.211. The van der Waals surface area contributed by atoms with E-state index in [1.165, 1.54) is 7.11 Å². The van der Waals surface area contributed by atoms with Crippen LogP contribution in [-0.2, 0) is 0 Å². The Kier molecular flexibility index (Phi) is 5.76. The minimum absolute atomic E-state index is 0.270. The highest BCUT2D eigenvalue weighted by molar-refractivity contribution is 6.37. The van der Waals surface area contributed by atoms with Crippen molar-refractivity contribution < 1.29 is 14.2 Å². The fourth-order valence-corrected chi connectivity index (χ4v) is 2.28. The van der Waals surface area contributed by atoms with Gasteiger partial charge in [0.05, 0.1) is 28.8 Å². The molecule has 0 amide bonds. The number of benzene rings is 2. The minimum atomic E-state index is 0.270. The molecule has 2 aromatic rings. The molecule has 0 saturated heterocycles. The summed E-state index contributed by atoms with van der Waals surface area (Å²) >= 11 is 12.0. The number of ether oxygens (including phenoxy) is 3. The molecule has 0 N–H and O–H groups in total. The molecule has 0 radical (unpaired) electrons. The molecule has 0 unspecified atom stereocenters. The summed E-state index contributed by atoms with van der Waals surface area (Å²) in [7, 11) is 1.52. The maximum Gasteiger partial charge on any atom is 0.162 e. The molecule has 0 bridgehead atoms. The summed E-state index contributed by atoms with van der Waals surface area (Å²) in [5.41, 5.74) is 0.503. The van der Waals surface area contributed by atoms with Crippen molar-refractivity contribution in [2.45, 2.75) is 0 Å². The number of rotatable bonds is 6. The van der Waals surface area contributed by atoms with E-state index in [1.54, 1.807) is 36.4 Å². The average Bonchev–Trinajstić information content (AvgIpc) is 2.53. The van der Waals surface area contributed by atoms with Crippen molar-refractivity contribution in [1.82, 2.24) is 0 Å². The van der Waals surface area contributed by atoms with Crippen molar-refractivity contribution in [3.05, 3.63) is 52.0 Å². The van der Waals surface area contributed by atoms with Crippen LogP contribution in [0, 0.1) is 11.3 Å². The molecule has 0 fully saturated rings. The summed E-state index contributed by atoms with van der Waals surface area (Å²) in [5, 5.41) is 9.74. The van der Waals surface area contributed by atoms with Gasteiger partial charge in [-0.2, -0.15) is 5.26 Å². The molecule has 4 nitrogen and oxygen atoms in total. The number of hydrogen-bond acceptors (Lipinski definition) is 4. The van der Waals surface area contributed by atoms with Crippen LogP contribution >= 0.6 is 23.2 Å². The summed E-state index contributed by atoms with van der Waals surface area (Å²) in [5.74, 6) is 1.46. The maximum atomic E-state index is 8.85. The molecular formula is C16H13Cl2NO3. The molecule has 22 heavy (non-hydrogen) atoms. The van der Waals surface area contributed by atoms with Gasteiger partial charge in [0.25, 0.3) is 0 Å². The molecule has 2 aromatic carbocycles. The Bertz CT molecular complexity index is 678. The van der Waals surface area contributed by atoms with Crippen LogP contribution in [0.25, 0.3) is 0 Å². The molecule has 0 heterocycles. The predicted octanol–water partition coefficient (Wildman–Crippen LogP) is 4.33. The Balaban J connectivity index is 1.93. The second kappa shape index (κ2) is 7.79. The van der Waals surface area contributed by atoms with Crippen LogP contribution in [0.2, 0.25) is 10.0 Å². The van der Waals surface area contributed by atoms with Crippen molar-refractivity contribution in [3.63, 3.8) is 0 Å². The Morgan fingerprint density at radius 2 is 1.68 bits per heavy atom. The molecule has 0 atom stereocenters. The number of nitrogens with zero attached hydrogens (tertiary/aromatic N) is 1. The monoisotopic (exact) mass is 337 g/mol. The van der Waals surface area contributed by atoms with Gasteiger partial charge in [0.15, 0.2) is 17.2 Å². The second-order valence-corrected chi connectivity index (χ2v) is 5.04. The van der Waals surface area contributed by atoms with Crippen molar-refractivity contribution in [2.24, 2.45) is 0 Å². The van der Waals surface area contributed by atoms with Gasteiger partial charge < -0.3 is 14.2 Å². The van der Waals surface area contributed by atoms with Gasteiger partial charge in [-0.3, -0.25) is 0 Å². The lowest BCUT2D eigenvalue weighted by Crippen LogP contribution is -2.10. The van der Waals surface area contributed by atoms with E-state index < -0.39 is 0 Å². The van der Waals surface area contributed by atoms with Gasteiger partial charge in [0.2, 0.25) is 0 Å². The van der Waals surface area contributed by atoms with Crippen molar-refractivity contribution in [3.8, 4) is 23.3 Å². The molecule has 2 rings (SSSR count). The Morgan fingerprint density at radius 3 is 2.32 bits per heavy atom. The average molecular weight is 338 g/mol. The van der Waals surface area contributed by atoms with E-state index in [0.29, 0.717) is 32.9 Å². The first-order chi connectivity index (χ1) is 10.7. The van der Waals surface area contributed by atoms with Gasteiger partial charge in [0, 0.05) is 6.07 Å². The highest BCUT2D eigenvalue weighted by Crippen LogP contribution is 2.32. The standard InChI is InChI=1S/C16H13Cl2NO3/c1-20-15-9-11(10-19)5-6-14(15)21-7-8-22-16-12(17)3-2-4-13(16)18/h2-6,9H,7-8H2,1H3. The minimum Gasteiger partial charge on any atom is -0.493 e. The zero-order chi connectivity index (χ0) is 15.9. The van der Waals surface area contributed by atoms with E-state index >= 15 is 0 Å². The number of methoxy groups -OCH3 is 1. The lowest BCUT2D eigenvalue weighted by atomic mass is 10.2. The van der Waals surface area contributed by atoms with Gasteiger partial charge >= 0.3 is 0 Å². The number of nitriles is 1. The van der Waals surface area contributed by atoms with Crippen molar-refractivity contribution in [2.75, 3.05) is 20.3 Å². The predicted molar refractivity (Wildman–Crippen MR) is 85.2 cm³/mol. The molecule has 0 saturated carbocycles. The molecule has 114 valence electrons. The summed E-state index contributed by atoms with van der Waals surface area (Å²) in [6.45, 7) is 0.552. The fraction of sp³-hybridized carbons (Fsp3) is 0.188. The van der Waals surface area contributed by atoms with Crippen LogP contribution in [0.3, 0.4) is 0 Å². The molecule has 0 aliphatic heterocycles. The number of para-hydroxylation sites is 1. The summed E-state index contributed by atoms with van der Waals surface area (Å²) in [6, 6.07) is 12.1. The van der Waals surface area contributed by atoms with Crippen molar-refractivity contribution in [1.29, 1.82) is 5.26 Å². The first-order valence-corrected chi connectivity index (χ1v) is 7.19. The van der Waals surface area contributed by atoms with Crippen LogP contribution < -0.4 is 14.2 Å². The topological polar surface area (TPSA) is 51.5 Å². The first-order valence-electron chi connectivity index (χ1n) is 6.43. The molecule has 0 aliphatic carbocycles. The zero-order valence-electron chi connectivity index (χ0n) is 11.8. The number of halogens is 2. The van der Waals surface area contributed by atoms with Crippen LogP contribution in [-0.4, -0.2) is 20.3 Å². The SMILES string of the molecule is COc1cc(C#N)ccc1OCCOc1c(Cl)cccc1Cl. The molecule has 0 spiro atoms. The quantitative estimate of drug-likeness (QED) is 0.736. The molecule has 6 heteroatoms. The fourth-order valence-electron chi connectivity index (χ4n) is 1.77. The second-order valence-electron chi connectivity index (χ2n) is 4.23. The van der Waals surface area contributed by atoms with E-state index in [4.69, 9.17) is 42.7 Å². The maximum absolute atomic E-state index is 8.85. The molecule has 0 aromatic heterocycles. The summed E-state index contributed by atoms with van der Waals surface area (Å²) in [4.78, 5) is 0. The van der Waals surface area contributed by atoms with Crippen LogP contribution in [0.15, 0.2) is 36.4 Å². The van der Waals surface area contributed by atoms with E-state index in [0.717, 1.165) is 0 Å². The van der Waals surface area contributed by atoms with Gasteiger partial charge in [0.1, 0.15) is 13.2 Å². The Hall–Kier alpha value is -2.09. The third-order valence-electron chi connectivity index (χ3n) is 2.80. The summed E-state index contributed by atoms with van der Waals surface area (Å²) in [6.07, 6.45) is 0. The van der Waals surface area contributed by atoms with Gasteiger partial charge in [-0.1, -0.05) is 29.3 Å². The highest BCUT2D eigenvalue weighted by atomic mass is 35.5. The largest absolute Gasteiger partial charge is 0.493 e. The normalized spacial score (nSPS) is 9.91. The zero-order valence-corrected chi connectivity index (χ0v) is 13.3. The third kappa shape index (κ3) is 3.97. The van der Waals surface area contributed by atoms with Crippen molar-refractivity contribution >= 4 is 23.2 Å². The van der Waals surface area contributed by atoms with E-state index in [9.17, 15) is 0 Å². The van der Waals surface area contributed by atoms with E-state index in [2.05, 4.69) is 0 Å². The first kappa shape index (κ1) is 16.3. The van der Waals surface area contributed by atoms with Crippen LogP contribution in [0.4, 0.5) is 0 Å². The Labute approximate surface area is 138 Å². The van der Waals surface area contributed by atoms with Gasteiger partial charge in [-0.05, 0) is 24.3 Å². The van der Waals surface area contributed by atoms with Crippen LogP contribution in [0.1, 0.15) is 5.56 Å². The molecular weight excluding hydrogens is 325 g/mol. The number of hydrogen-bond donors (Lipinski definition) is 0.